The van der Waals surface area contributed by atoms with Crippen molar-refractivity contribution >= 4 is 27.4 Å². The molecular formula is C13H13FO3S. The monoisotopic (exact) mass is 268 g/mol. The van der Waals surface area contributed by atoms with Gasteiger partial charge in [-0.3, -0.25) is 4.79 Å². The molecule has 1 aromatic carbocycles. The zero-order chi connectivity index (χ0) is 13.1. The van der Waals surface area contributed by atoms with Crippen molar-refractivity contribution in [3.05, 3.63) is 28.9 Å². The Balaban J connectivity index is 2.37. The van der Waals surface area contributed by atoms with Gasteiger partial charge in [0, 0.05) is 10.1 Å². The molecule has 1 aromatic heterocycles. The van der Waals surface area contributed by atoms with Crippen molar-refractivity contribution in [2.45, 2.75) is 13.3 Å². The second-order valence-corrected chi connectivity index (χ2v) is 4.64. The summed E-state index contributed by atoms with van der Waals surface area (Å²) in [7, 11) is 1.42. The summed E-state index contributed by atoms with van der Waals surface area (Å²) in [4.78, 5) is 11.5. The van der Waals surface area contributed by atoms with E-state index >= 15 is 0 Å². The molecule has 0 bridgehead atoms. The molecule has 0 aliphatic rings. The summed E-state index contributed by atoms with van der Waals surface area (Å²) in [5.74, 6) is -0.485. The van der Waals surface area contributed by atoms with E-state index in [4.69, 9.17) is 9.47 Å². The molecule has 96 valence electrons. The largest absolute Gasteiger partial charge is 0.494 e. The number of fused-ring (bicyclic) bond motifs is 1. The second kappa shape index (κ2) is 5.35. The third kappa shape index (κ3) is 2.46. The lowest BCUT2D eigenvalue weighted by Gasteiger charge is -2.04. The number of esters is 1. The summed E-state index contributed by atoms with van der Waals surface area (Å²) < 4.78 is 24.1. The SMILES string of the molecule is CCOC(=O)Cc1csc2cc(F)c(OC)cc12. The van der Waals surface area contributed by atoms with Gasteiger partial charge in [0.05, 0.1) is 20.1 Å². The Morgan fingerprint density at radius 2 is 2.22 bits per heavy atom. The van der Waals surface area contributed by atoms with Gasteiger partial charge in [0.2, 0.25) is 0 Å². The van der Waals surface area contributed by atoms with Crippen molar-refractivity contribution in [3.8, 4) is 5.75 Å². The maximum absolute atomic E-state index is 13.5. The smallest absolute Gasteiger partial charge is 0.310 e. The molecule has 0 atom stereocenters. The lowest BCUT2D eigenvalue weighted by Crippen LogP contribution is -2.06. The Morgan fingerprint density at radius 3 is 2.89 bits per heavy atom. The number of ether oxygens (including phenoxy) is 2. The topological polar surface area (TPSA) is 35.5 Å². The van der Waals surface area contributed by atoms with E-state index in [1.807, 2.05) is 5.38 Å². The molecule has 1 heterocycles. The number of rotatable bonds is 4. The van der Waals surface area contributed by atoms with Crippen LogP contribution in [0.1, 0.15) is 12.5 Å². The highest BCUT2D eigenvalue weighted by atomic mass is 32.1. The average Bonchev–Trinajstić information content (AvgIpc) is 2.70. The van der Waals surface area contributed by atoms with Gasteiger partial charge in [0.25, 0.3) is 0 Å². The lowest BCUT2D eigenvalue weighted by molar-refractivity contribution is -0.142. The number of halogens is 1. The van der Waals surface area contributed by atoms with Gasteiger partial charge in [0.15, 0.2) is 11.6 Å². The minimum atomic E-state index is -0.394. The molecule has 5 heteroatoms. The molecule has 0 unspecified atom stereocenters. The quantitative estimate of drug-likeness (QED) is 0.799. The Bertz CT molecular complexity index is 577. The Morgan fingerprint density at radius 1 is 1.44 bits per heavy atom. The van der Waals surface area contributed by atoms with Crippen LogP contribution in [0.15, 0.2) is 17.5 Å². The van der Waals surface area contributed by atoms with Gasteiger partial charge in [-0.1, -0.05) is 0 Å². The number of carbonyl (C=O) groups is 1. The summed E-state index contributed by atoms with van der Waals surface area (Å²) in [5, 5.41) is 2.69. The predicted molar refractivity (Wildman–Crippen MR) is 68.7 cm³/mol. The molecule has 18 heavy (non-hydrogen) atoms. The van der Waals surface area contributed by atoms with Crippen LogP contribution >= 0.6 is 11.3 Å². The molecule has 0 spiro atoms. The van der Waals surface area contributed by atoms with Gasteiger partial charge in [0.1, 0.15) is 0 Å². The number of hydrogen-bond donors (Lipinski definition) is 0. The first-order chi connectivity index (χ1) is 8.65. The molecule has 0 fully saturated rings. The second-order valence-electron chi connectivity index (χ2n) is 3.73. The van der Waals surface area contributed by atoms with E-state index in [1.165, 1.54) is 24.5 Å². The van der Waals surface area contributed by atoms with Crippen LogP contribution in [0.3, 0.4) is 0 Å². The third-order valence-corrected chi connectivity index (χ3v) is 3.56. The summed E-state index contributed by atoms with van der Waals surface area (Å²) in [6.45, 7) is 2.13. The van der Waals surface area contributed by atoms with Crippen LogP contribution in [0.2, 0.25) is 0 Å². The van der Waals surface area contributed by atoms with Crippen molar-refractivity contribution < 1.29 is 18.7 Å². The van der Waals surface area contributed by atoms with Crippen LogP contribution in [0, 0.1) is 5.82 Å². The van der Waals surface area contributed by atoms with E-state index < -0.39 is 5.82 Å². The molecule has 0 aliphatic carbocycles. The molecule has 0 amide bonds. The molecule has 2 aromatic rings. The fourth-order valence-corrected chi connectivity index (χ4v) is 2.71. The van der Waals surface area contributed by atoms with Crippen LogP contribution in [-0.2, 0) is 16.0 Å². The Labute approximate surface area is 108 Å². The molecule has 0 saturated carbocycles. The van der Waals surface area contributed by atoms with Crippen LogP contribution in [-0.4, -0.2) is 19.7 Å². The van der Waals surface area contributed by atoms with Gasteiger partial charge >= 0.3 is 5.97 Å². The van der Waals surface area contributed by atoms with Crippen molar-refractivity contribution in [2.24, 2.45) is 0 Å². The highest BCUT2D eigenvalue weighted by Gasteiger charge is 2.13. The van der Waals surface area contributed by atoms with E-state index in [2.05, 4.69) is 0 Å². The average molecular weight is 268 g/mol. The fourth-order valence-electron chi connectivity index (χ4n) is 1.74. The standard InChI is InChI=1S/C13H13FO3S/c1-3-17-13(15)4-8-7-18-12-6-10(14)11(16-2)5-9(8)12/h5-7H,3-4H2,1-2H3. The van der Waals surface area contributed by atoms with Crippen LogP contribution in [0.5, 0.6) is 5.75 Å². The Hall–Kier alpha value is -1.62. The summed E-state index contributed by atoms with van der Waals surface area (Å²) in [6.07, 6.45) is 0.197. The van der Waals surface area contributed by atoms with Gasteiger partial charge in [-0.05, 0) is 30.0 Å². The molecular weight excluding hydrogens is 255 g/mol. The van der Waals surface area contributed by atoms with E-state index in [-0.39, 0.29) is 18.1 Å². The lowest BCUT2D eigenvalue weighted by atomic mass is 10.1. The zero-order valence-electron chi connectivity index (χ0n) is 10.2. The van der Waals surface area contributed by atoms with E-state index in [0.29, 0.717) is 6.61 Å². The zero-order valence-corrected chi connectivity index (χ0v) is 11.0. The molecule has 0 saturated heterocycles. The third-order valence-electron chi connectivity index (χ3n) is 2.57. The normalized spacial score (nSPS) is 10.6. The summed E-state index contributed by atoms with van der Waals surface area (Å²) in [6, 6.07) is 3.04. The number of methoxy groups -OCH3 is 1. The number of hydrogen-bond acceptors (Lipinski definition) is 4. The van der Waals surface area contributed by atoms with Crippen LogP contribution < -0.4 is 4.74 Å². The highest BCUT2D eigenvalue weighted by molar-refractivity contribution is 7.17. The fraction of sp³-hybridized carbons (Fsp3) is 0.308. The molecule has 0 aliphatic heterocycles. The minimum absolute atomic E-state index is 0.186. The molecule has 0 radical (unpaired) electrons. The minimum Gasteiger partial charge on any atom is -0.494 e. The number of thiophene rings is 1. The summed E-state index contributed by atoms with van der Waals surface area (Å²) in [5.41, 5.74) is 0.840. The summed E-state index contributed by atoms with van der Waals surface area (Å²) >= 11 is 1.40. The predicted octanol–water partition coefficient (Wildman–Crippen LogP) is 3.15. The van der Waals surface area contributed by atoms with Crippen molar-refractivity contribution in [2.75, 3.05) is 13.7 Å². The van der Waals surface area contributed by atoms with Gasteiger partial charge < -0.3 is 9.47 Å². The maximum atomic E-state index is 13.5. The van der Waals surface area contributed by atoms with Crippen LogP contribution in [0.4, 0.5) is 4.39 Å². The maximum Gasteiger partial charge on any atom is 0.310 e. The van der Waals surface area contributed by atoms with E-state index in [0.717, 1.165) is 15.6 Å². The molecule has 3 nitrogen and oxygen atoms in total. The van der Waals surface area contributed by atoms with Gasteiger partial charge in [-0.2, -0.15) is 0 Å². The first-order valence-corrected chi connectivity index (χ1v) is 6.43. The highest BCUT2D eigenvalue weighted by Crippen LogP contribution is 2.32. The van der Waals surface area contributed by atoms with Crippen molar-refractivity contribution in [1.29, 1.82) is 0 Å². The van der Waals surface area contributed by atoms with Crippen molar-refractivity contribution in [1.82, 2.24) is 0 Å². The number of benzene rings is 1. The first kappa shape index (κ1) is 12.8. The van der Waals surface area contributed by atoms with Gasteiger partial charge in [-0.15, -0.1) is 11.3 Å². The first-order valence-electron chi connectivity index (χ1n) is 5.55. The van der Waals surface area contributed by atoms with Crippen LogP contribution in [0.25, 0.3) is 10.1 Å². The molecule has 2 rings (SSSR count). The van der Waals surface area contributed by atoms with Gasteiger partial charge in [-0.25, -0.2) is 4.39 Å². The van der Waals surface area contributed by atoms with Crippen molar-refractivity contribution in [3.63, 3.8) is 0 Å². The Kier molecular flexibility index (Phi) is 3.81. The molecule has 0 N–H and O–H groups in total. The van der Waals surface area contributed by atoms with E-state index in [9.17, 15) is 9.18 Å². The number of carbonyl (C=O) groups excluding carboxylic acids is 1. The van der Waals surface area contributed by atoms with E-state index in [1.54, 1.807) is 13.0 Å².